The molecular formula is C6H8N2O2S. The van der Waals surface area contributed by atoms with Gasteiger partial charge in [-0.15, -0.1) is 5.92 Å². The lowest BCUT2D eigenvalue weighted by Gasteiger charge is -1.95. The van der Waals surface area contributed by atoms with Crippen molar-refractivity contribution in [3.63, 3.8) is 0 Å². The fourth-order valence-electron chi connectivity index (χ4n) is 0.370. The van der Waals surface area contributed by atoms with Crippen molar-refractivity contribution in [1.29, 1.82) is 5.26 Å². The molecule has 0 saturated carbocycles. The van der Waals surface area contributed by atoms with Gasteiger partial charge in [-0.3, -0.25) is 0 Å². The van der Waals surface area contributed by atoms with Crippen LogP contribution in [0.4, 0.5) is 0 Å². The molecule has 60 valence electrons. The summed E-state index contributed by atoms with van der Waals surface area (Å²) >= 11 is 0. The number of rotatable bonds is 3. The third-order valence-corrected chi connectivity index (χ3v) is 1.91. The molecule has 5 heteroatoms. The Morgan fingerprint density at radius 3 is 2.64 bits per heavy atom. The van der Waals surface area contributed by atoms with Crippen LogP contribution in [0.3, 0.4) is 0 Å². The van der Waals surface area contributed by atoms with Crippen LogP contribution in [-0.4, -0.2) is 20.7 Å². The van der Waals surface area contributed by atoms with E-state index in [1.165, 1.54) is 6.07 Å². The lowest BCUT2D eigenvalue weighted by Crippen LogP contribution is -2.25. The Bertz CT molecular complexity index is 302. The Hall–Kier alpha value is -1.04. The van der Waals surface area contributed by atoms with Gasteiger partial charge >= 0.3 is 0 Å². The maximum absolute atomic E-state index is 10.7. The van der Waals surface area contributed by atoms with Gasteiger partial charge in [0, 0.05) is 0 Å². The quantitative estimate of drug-likeness (QED) is 0.581. The van der Waals surface area contributed by atoms with Crippen LogP contribution in [0.5, 0.6) is 0 Å². The zero-order valence-corrected chi connectivity index (χ0v) is 6.90. The smallest absolute Gasteiger partial charge is 0.211 e. The predicted molar refractivity (Wildman–Crippen MR) is 40.9 cm³/mol. The summed E-state index contributed by atoms with van der Waals surface area (Å²) in [4.78, 5) is 0. The maximum Gasteiger partial charge on any atom is 0.225 e. The second-order valence-corrected chi connectivity index (χ2v) is 3.47. The number of hydrogen-bond acceptors (Lipinski definition) is 3. The van der Waals surface area contributed by atoms with Gasteiger partial charge in [-0.1, -0.05) is 5.92 Å². The lowest BCUT2D eigenvalue weighted by atomic mass is 10.6. The molecule has 0 radical (unpaired) electrons. The Labute approximate surface area is 66.3 Å². The van der Waals surface area contributed by atoms with Gasteiger partial charge in [0.25, 0.3) is 0 Å². The van der Waals surface area contributed by atoms with E-state index in [2.05, 4.69) is 16.6 Å². The molecule has 0 saturated heterocycles. The molecule has 0 aromatic carbocycles. The monoisotopic (exact) mass is 172 g/mol. The summed E-state index contributed by atoms with van der Waals surface area (Å²) in [6, 6.07) is 1.54. The first-order valence-electron chi connectivity index (χ1n) is 2.86. The van der Waals surface area contributed by atoms with Gasteiger partial charge in [0.1, 0.15) is 0 Å². The van der Waals surface area contributed by atoms with Crippen LogP contribution in [-0.2, 0) is 10.0 Å². The second-order valence-electron chi connectivity index (χ2n) is 1.67. The van der Waals surface area contributed by atoms with Crippen LogP contribution in [0.25, 0.3) is 0 Å². The molecule has 0 aliphatic heterocycles. The first-order chi connectivity index (χ1) is 5.12. The molecule has 0 spiro atoms. The van der Waals surface area contributed by atoms with Crippen molar-refractivity contribution < 1.29 is 8.42 Å². The van der Waals surface area contributed by atoms with Crippen LogP contribution in [0.2, 0.25) is 0 Å². The third-order valence-electron chi connectivity index (χ3n) is 0.812. The Morgan fingerprint density at radius 1 is 1.55 bits per heavy atom. The van der Waals surface area contributed by atoms with Gasteiger partial charge in [-0.25, -0.2) is 13.1 Å². The Kier molecular flexibility index (Phi) is 4.28. The summed E-state index contributed by atoms with van der Waals surface area (Å²) in [6.45, 7) is 1.68. The molecular weight excluding hydrogens is 164 g/mol. The van der Waals surface area contributed by atoms with Gasteiger partial charge in [0.15, 0.2) is 5.75 Å². The van der Waals surface area contributed by atoms with E-state index in [4.69, 9.17) is 5.26 Å². The Morgan fingerprint density at radius 2 is 2.18 bits per heavy atom. The van der Waals surface area contributed by atoms with Crippen LogP contribution in [0.1, 0.15) is 6.92 Å². The molecule has 4 nitrogen and oxygen atoms in total. The average molecular weight is 172 g/mol. The first kappa shape index (κ1) is 9.96. The van der Waals surface area contributed by atoms with E-state index in [-0.39, 0.29) is 6.54 Å². The topological polar surface area (TPSA) is 70.0 Å². The van der Waals surface area contributed by atoms with Gasteiger partial charge in [0.05, 0.1) is 12.6 Å². The molecule has 0 unspecified atom stereocenters. The summed E-state index contributed by atoms with van der Waals surface area (Å²) in [5, 5.41) is 8.05. The summed E-state index contributed by atoms with van der Waals surface area (Å²) in [6.07, 6.45) is 0. The number of nitrogens with one attached hydrogen (secondary N) is 1. The molecule has 0 rings (SSSR count). The highest BCUT2D eigenvalue weighted by Gasteiger charge is 2.05. The summed E-state index contributed by atoms with van der Waals surface area (Å²) < 4.78 is 23.5. The molecule has 0 aliphatic rings. The molecule has 0 aromatic heterocycles. The zero-order valence-electron chi connectivity index (χ0n) is 6.09. The highest BCUT2D eigenvalue weighted by atomic mass is 32.2. The van der Waals surface area contributed by atoms with Crippen LogP contribution in [0.15, 0.2) is 0 Å². The fraction of sp³-hybridized carbons (Fsp3) is 0.500. The Balaban J connectivity index is 3.93. The molecule has 0 aliphatic carbocycles. The van der Waals surface area contributed by atoms with E-state index in [0.717, 1.165) is 0 Å². The van der Waals surface area contributed by atoms with E-state index >= 15 is 0 Å². The summed E-state index contributed by atoms with van der Waals surface area (Å²) in [5.74, 6) is 4.52. The van der Waals surface area contributed by atoms with E-state index < -0.39 is 15.8 Å². The van der Waals surface area contributed by atoms with Crippen molar-refractivity contribution in [3.05, 3.63) is 0 Å². The molecule has 0 heterocycles. The van der Waals surface area contributed by atoms with Crippen LogP contribution in [0, 0.1) is 23.2 Å². The van der Waals surface area contributed by atoms with E-state index in [1.807, 2.05) is 0 Å². The van der Waals surface area contributed by atoms with E-state index in [1.54, 1.807) is 6.92 Å². The number of sulfonamides is 1. The number of nitrogens with zero attached hydrogens (tertiary/aromatic N) is 1. The molecule has 0 fully saturated rings. The number of nitriles is 1. The van der Waals surface area contributed by atoms with Gasteiger partial charge < -0.3 is 0 Å². The van der Waals surface area contributed by atoms with Crippen molar-refractivity contribution in [2.75, 3.05) is 12.3 Å². The minimum Gasteiger partial charge on any atom is -0.211 e. The minimum absolute atomic E-state index is 0.0700. The maximum atomic E-state index is 10.7. The lowest BCUT2D eigenvalue weighted by molar-refractivity contribution is 0.589. The van der Waals surface area contributed by atoms with Crippen molar-refractivity contribution >= 4 is 10.0 Å². The van der Waals surface area contributed by atoms with Crippen molar-refractivity contribution in [2.24, 2.45) is 0 Å². The van der Waals surface area contributed by atoms with E-state index in [9.17, 15) is 8.42 Å². The molecule has 0 aromatic rings. The SMILES string of the molecule is CC#CCNS(=O)(=O)CC#N. The van der Waals surface area contributed by atoms with Crippen molar-refractivity contribution in [1.82, 2.24) is 4.72 Å². The van der Waals surface area contributed by atoms with Gasteiger partial charge in [-0.2, -0.15) is 5.26 Å². The molecule has 0 atom stereocenters. The standard InChI is InChI=1S/C6H8N2O2S/c1-2-3-5-8-11(9,10)6-4-7/h8H,5-6H2,1H3. The molecule has 11 heavy (non-hydrogen) atoms. The fourth-order valence-corrected chi connectivity index (χ4v) is 0.935. The number of hydrogen-bond donors (Lipinski definition) is 1. The molecule has 0 amide bonds. The van der Waals surface area contributed by atoms with Crippen LogP contribution < -0.4 is 4.72 Å². The van der Waals surface area contributed by atoms with Crippen LogP contribution >= 0.6 is 0 Å². The van der Waals surface area contributed by atoms with E-state index in [0.29, 0.717) is 0 Å². The molecule has 1 N–H and O–H groups in total. The van der Waals surface area contributed by atoms with Crippen molar-refractivity contribution in [3.8, 4) is 17.9 Å². The second kappa shape index (κ2) is 4.73. The predicted octanol–water partition coefficient (Wildman–Crippen LogP) is -0.547. The van der Waals surface area contributed by atoms with Crippen molar-refractivity contribution in [2.45, 2.75) is 6.92 Å². The highest BCUT2D eigenvalue weighted by Crippen LogP contribution is 1.79. The summed E-state index contributed by atoms with van der Waals surface area (Å²) in [5.41, 5.74) is 0. The zero-order chi connectivity index (χ0) is 8.74. The minimum atomic E-state index is -3.42. The normalized spacial score (nSPS) is 9.45. The van der Waals surface area contributed by atoms with Gasteiger partial charge in [-0.05, 0) is 6.92 Å². The summed E-state index contributed by atoms with van der Waals surface area (Å²) in [7, 11) is -3.42. The largest absolute Gasteiger partial charge is 0.225 e. The highest BCUT2D eigenvalue weighted by molar-refractivity contribution is 7.89. The third kappa shape index (κ3) is 5.41. The average Bonchev–Trinajstić information content (AvgIpc) is 1.87. The molecule has 0 bridgehead atoms. The van der Waals surface area contributed by atoms with Gasteiger partial charge in [0.2, 0.25) is 10.0 Å². The first-order valence-corrected chi connectivity index (χ1v) is 4.51.